The maximum absolute atomic E-state index is 8.80. The fraction of sp³-hybridized carbons (Fsp3) is 0. The Kier molecular flexibility index (Phi) is 3.15. The van der Waals surface area contributed by atoms with Gasteiger partial charge in [0.15, 0.2) is 5.57 Å². The second-order valence-corrected chi connectivity index (χ2v) is 3.80. The molecule has 0 aliphatic carbocycles. The second kappa shape index (κ2) is 4.74. The molecule has 2 rings (SSSR count). The number of rotatable bonds is 2. The van der Waals surface area contributed by atoms with Crippen LogP contribution in [0.5, 0.6) is 0 Å². The molecule has 6 heteroatoms. The van der Waals surface area contributed by atoms with E-state index in [0.29, 0.717) is 4.60 Å². The first kappa shape index (κ1) is 11.3. The predicted molar refractivity (Wildman–Crippen MR) is 62.5 cm³/mol. The SMILES string of the molecule is N#CC(=C=N)c1on[n+](-c2ccccc2)c1Br. The normalized spacial score (nSPS) is 9.41. The van der Waals surface area contributed by atoms with E-state index in [9.17, 15) is 0 Å². The summed E-state index contributed by atoms with van der Waals surface area (Å²) < 4.78 is 6.98. The van der Waals surface area contributed by atoms with Crippen LogP contribution in [0.25, 0.3) is 11.3 Å². The predicted octanol–water partition coefficient (Wildman–Crippen LogP) is 1.87. The summed E-state index contributed by atoms with van der Waals surface area (Å²) in [7, 11) is 0. The van der Waals surface area contributed by atoms with Crippen molar-refractivity contribution in [2.75, 3.05) is 0 Å². The van der Waals surface area contributed by atoms with E-state index in [-0.39, 0.29) is 11.3 Å². The maximum Gasteiger partial charge on any atom is 0.331 e. The van der Waals surface area contributed by atoms with Gasteiger partial charge in [0.2, 0.25) is 11.0 Å². The number of hydrogen-bond acceptors (Lipinski definition) is 4. The minimum Gasteiger partial charge on any atom is -0.297 e. The number of nitrogens with zero attached hydrogens (tertiary/aromatic N) is 3. The molecule has 0 saturated heterocycles. The van der Waals surface area contributed by atoms with Crippen LogP contribution in [0.2, 0.25) is 0 Å². The third-order valence-electron chi connectivity index (χ3n) is 2.05. The fourth-order valence-electron chi connectivity index (χ4n) is 1.27. The molecule has 0 aliphatic rings. The second-order valence-electron chi connectivity index (χ2n) is 3.05. The number of halogens is 1. The molecule has 0 unspecified atom stereocenters. The van der Waals surface area contributed by atoms with E-state index in [1.165, 1.54) is 4.68 Å². The van der Waals surface area contributed by atoms with Gasteiger partial charge in [-0.1, -0.05) is 18.2 Å². The highest BCUT2D eigenvalue weighted by Gasteiger charge is 2.26. The Bertz CT molecular complexity index is 635. The van der Waals surface area contributed by atoms with Gasteiger partial charge in [-0.15, -0.1) is 0 Å². The van der Waals surface area contributed by atoms with E-state index < -0.39 is 0 Å². The molecule has 0 spiro atoms. The summed E-state index contributed by atoms with van der Waals surface area (Å²) in [5.74, 6) is 2.19. The largest absolute Gasteiger partial charge is 0.331 e. The zero-order valence-corrected chi connectivity index (χ0v) is 10.1. The molecule has 1 aromatic heterocycles. The quantitative estimate of drug-likeness (QED) is 0.521. The molecule has 0 fully saturated rings. The molecule has 5 nitrogen and oxygen atoms in total. The highest BCUT2D eigenvalue weighted by Crippen LogP contribution is 2.19. The summed E-state index contributed by atoms with van der Waals surface area (Å²) in [5.41, 5.74) is 0.774. The van der Waals surface area contributed by atoms with Crippen molar-refractivity contribution >= 4 is 27.4 Å². The number of para-hydroxylation sites is 1. The van der Waals surface area contributed by atoms with Crippen LogP contribution in [0.1, 0.15) is 5.76 Å². The lowest BCUT2D eigenvalue weighted by Gasteiger charge is -1.86. The standard InChI is InChI=1S/C11H6BrN4O/c12-11-10(8(6-13)7-14)17-15-16(11)9-4-2-1-3-5-9/h1-5,13H/q+1. The van der Waals surface area contributed by atoms with E-state index in [1.54, 1.807) is 0 Å². The van der Waals surface area contributed by atoms with Gasteiger partial charge in [-0.05, 0) is 0 Å². The summed E-state index contributed by atoms with van der Waals surface area (Å²) >= 11 is 3.28. The summed E-state index contributed by atoms with van der Waals surface area (Å²) in [6.07, 6.45) is 0. The molecule has 0 aliphatic heterocycles. The Labute approximate surface area is 105 Å². The molecule has 82 valence electrons. The highest BCUT2D eigenvalue weighted by atomic mass is 79.9. The van der Waals surface area contributed by atoms with Crippen LogP contribution in [-0.4, -0.2) is 11.1 Å². The van der Waals surface area contributed by atoms with Crippen molar-refractivity contribution in [1.29, 1.82) is 10.7 Å². The first-order chi connectivity index (χ1) is 8.27. The number of allylic oxidation sites excluding steroid dienone is 1. The van der Waals surface area contributed by atoms with Crippen LogP contribution < -0.4 is 4.68 Å². The van der Waals surface area contributed by atoms with Crippen LogP contribution in [-0.2, 0) is 0 Å². The minimum absolute atomic E-state index is 0.0148. The lowest BCUT2D eigenvalue weighted by atomic mass is 10.3. The number of nitriles is 1. The van der Waals surface area contributed by atoms with Crippen molar-refractivity contribution in [2.45, 2.75) is 0 Å². The van der Waals surface area contributed by atoms with Gasteiger partial charge < -0.3 is 0 Å². The van der Waals surface area contributed by atoms with Gasteiger partial charge in [-0.2, -0.15) is 5.26 Å². The third-order valence-corrected chi connectivity index (χ3v) is 2.75. The molecule has 1 heterocycles. The van der Waals surface area contributed by atoms with Crippen LogP contribution in [0.4, 0.5) is 0 Å². The molecule has 1 N–H and O–H groups in total. The Hall–Kier alpha value is -2.22. The smallest absolute Gasteiger partial charge is 0.297 e. The zero-order chi connectivity index (χ0) is 12.3. The molecular weight excluding hydrogens is 284 g/mol. The van der Waals surface area contributed by atoms with E-state index in [2.05, 4.69) is 21.2 Å². The molecule has 0 bridgehead atoms. The first-order valence-electron chi connectivity index (χ1n) is 4.61. The molecule has 1 aromatic carbocycles. The highest BCUT2D eigenvalue weighted by molar-refractivity contribution is 9.10. The van der Waals surface area contributed by atoms with E-state index >= 15 is 0 Å². The number of nitrogens with one attached hydrogen (secondary N) is 1. The van der Waals surface area contributed by atoms with Gasteiger partial charge in [0.1, 0.15) is 6.07 Å². The minimum atomic E-state index is -0.0148. The van der Waals surface area contributed by atoms with Crippen LogP contribution in [0.3, 0.4) is 0 Å². The van der Waals surface area contributed by atoms with Gasteiger partial charge in [0, 0.05) is 38.6 Å². The van der Waals surface area contributed by atoms with Crippen LogP contribution in [0.15, 0.2) is 39.5 Å². The molecular formula is C11H6BrN4O+. The zero-order valence-electron chi connectivity index (χ0n) is 8.51. The molecule has 17 heavy (non-hydrogen) atoms. The molecule has 0 saturated carbocycles. The summed E-state index contributed by atoms with van der Waals surface area (Å²) in [4.78, 5) is 0. The Balaban J connectivity index is 2.55. The summed E-state index contributed by atoms with van der Waals surface area (Å²) in [6.45, 7) is 0. The first-order valence-corrected chi connectivity index (χ1v) is 5.40. The Morgan fingerprint density at radius 3 is 2.71 bits per heavy atom. The van der Waals surface area contributed by atoms with Crippen molar-refractivity contribution < 1.29 is 9.20 Å². The lowest BCUT2D eigenvalue weighted by Crippen LogP contribution is -2.33. The number of hydrogen-bond donors (Lipinski definition) is 1. The van der Waals surface area contributed by atoms with E-state index in [0.717, 1.165) is 5.69 Å². The third kappa shape index (κ3) is 2.02. The topological polar surface area (TPSA) is 77.5 Å². The van der Waals surface area contributed by atoms with Crippen molar-refractivity contribution in [3.63, 3.8) is 0 Å². The van der Waals surface area contributed by atoms with Gasteiger partial charge >= 0.3 is 4.60 Å². The van der Waals surface area contributed by atoms with E-state index in [1.807, 2.05) is 42.3 Å². The van der Waals surface area contributed by atoms with Crippen LogP contribution in [0, 0.1) is 16.7 Å². The molecule has 2 aromatic rings. The Morgan fingerprint density at radius 2 is 2.12 bits per heavy atom. The molecule has 0 atom stereocenters. The van der Waals surface area contributed by atoms with Gasteiger partial charge in [-0.25, -0.2) is 0 Å². The van der Waals surface area contributed by atoms with Crippen molar-refractivity contribution in [1.82, 2.24) is 5.27 Å². The van der Waals surface area contributed by atoms with Crippen LogP contribution >= 0.6 is 15.9 Å². The fourth-order valence-corrected chi connectivity index (χ4v) is 1.81. The average molecular weight is 290 g/mol. The van der Waals surface area contributed by atoms with Gasteiger partial charge in [-0.3, -0.25) is 9.93 Å². The summed E-state index contributed by atoms with van der Waals surface area (Å²) in [5, 5.41) is 19.6. The number of benzene rings is 1. The summed E-state index contributed by atoms with van der Waals surface area (Å²) in [6, 6.07) is 11.1. The average Bonchev–Trinajstić information content (AvgIpc) is 2.75. The van der Waals surface area contributed by atoms with Crippen molar-refractivity contribution in [3.05, 3.63) is 40.7 Å². The Morgan fingerprint density at radius 1 is 1.41 bits per heavy atom. The molecule has 0 radical (unpaired) electrons. The maximum atomic E-state index is 8.80. The van der Waals surface area contributed by atoms with Gasteiger partial charge in [0.25, 0.3) is 5.76 Å². The van der Waals surface area contributed by atoms with Crippen molar-refractivity contribution in [3.8, 4) is 11.8 Å². The van der Waals surface area contributed by atoms with Crippen molar-refractivity contribution in [2.24, 2.45) is 0 Å². The monoisotopic (exact) mass is 289 g/mol. The van der Waals surface area contributed by atoms with E-state index in [4.69, 9.17) is 15.2 Å². The number of aromatic nitrogens is 2. The van der Waals surface area contributed by atoms with Gasteiger partial charge in [0.05, 0.1) is 0 Å². The lowest BCUT2D eigenvalue weighted by molar-refractivity contribution is -0.680. The molecule has 0 amide bonds.